The van der Waals surface area contributed by atoms with Crippen LogP contribution in [0.4, 0.5) is 0 Å². The van der Waals surface area contributed by atoms with Crippen molar-refractivity contribution in [2.24, 2.45) is 0 Å². The van der Waals surface area contributed by atoms with Crippen LogP contribution in [0.1, 0.15) is 10.5 Å². The van der Waals surface area contributed by atoms with Gasteiger partial charge in [-0.3, -0.25) is 4.79 Å². The second kappa shape index (κ2) is 6.93. The van der Waals surface area contributed by atoms with Crippen LogP contribution in [-0.4, -0.2) is 48.5 Å². The molecule has 0 aliphatic carbocycles. The molecule has 1 heterocycles. The Morgan fingerprint density at radius 3 is 2.88 bits per heavy atom. The second-order valence-corrected chi connectivity index (χ2v) is 5.13. The van der Waals surface area contributed by atoms with Crippen molar-refractivity contribution in [1.82, 2.24) is 9.88 Å². The van der Waals surface area contributed by atoms with Gasteiger partial charge in [0.2, 0.25) is 0 Å². The summed E-state index contributed by atoms with van der Waals surface area (Å²) in [5.74, 6) is -0.153. The van der Waals surface area contributed by atoms with Crippen molar-refractivity contribution in [3.63, 3.8) is 0 Å². The highest BCUT2D eigenvalue weighted by Crippen LogP contribution is 2.09. The molecule has 0 saturated carbocycles. The van der Waals surface area contributed by atoms with Crippen LogP contribution in [0.5, 0.6) is 0 Å². The van der Waals surface area contributed by atoms with E-state index in [1.54, 1.807) is 32.5 Å². The lowest BCUT2D eigenvalue weighted by Crippen LogP contribution is -2.34. The van der Waals surface area contributed by atoms with Gasteiger partial charge in [-0.2, -0.15) is 0 Å². The van der Waals surface area contributed by atoms with Gasteiger partial charge in [0.05, 0.1) is 12.0 Å². The topological polar surface area (TPSA) is 42.4 Å². The highest BCUT2D eigenvalue weighted by Gasteiger charge is 2.16. The smallest absolute Gasteiger partial charge is 0.272 e. The third-order valence-electron chi connectivity index (χ3n) is 2.11. The van der Waals surface area contributed by atoms with Crippen LogP contribution < -0.4 is 0 Å². The van der Waals surface area contributed by atoms with Crippen molar-refractivity contribution in [2.45, 2.75) is 5.38 Å². The zero-order valence-corrected chi connectivity index (χ0v) is 12.0. The van der Waals surface area contributed by atoms with Crippen LogP contribution in [0.2, 0.25) is 0 Å². The fraction of sp³-hybridized carbons (Fsp3) is 0.455. The number of alkyl halides is 1. The molecule has 1 rings (SSSR count). The van der Waals surface area contributed by atoms with E-state index in [9.17, 15) is 4.79 Å². The van der Waals surface area contributed by atoms with Crippen LogP contribution >= 0.6 is 27.5 Å². The minimum Gasteiger partial charge on any atom is -0.383 e. The van der Waals surface area contributed by atoms with Gasteiger partial charge in [-0.05, 0) is 28.1 Å². The van der Waals surface area contributed by atoms with Gasteiger partial charge in [0.15, 0.2) is 0 Å². The number of carbonyl (C=O) groups excluding carboxylic acids is 1. The standard InChI is InChI=1S/C11H14BrClN2O2/c1-15(6-9(13)7-17-2)11(16)10-4-3-8(12)5-14-10/h3-5,9H,6-7H2,1-2H3. The highest BCUT2D eigenvalue weighted by atomic mass is 79.9. The molecule has 0 bridgehead atoms. The molecule has 0 fully saturated rings. The molecule has 6 heteroatoms. The fourth-order valence-corrected chi connectivity index (χ4v) is 1.88. The Morgan fingerprint density at radius 2 is 2.35 bits per heavy atom. The van der Waals surface area contributed by atoms with Crippen LogP contribution in [0, 0.1) is 0 Å². The van der Waals surface area contributed by atoms with Gasteiger partial charge >= 0.3 is 0 Å². The molecule has 4 nitrogen and oxygen atoms in total. The molecule has 0 saturated heterocycles. The predicted molar refractivity (Wildman–Crippen MR) is 70.4 cm³/mol. The first-order chi connectivity index (χ1) is 8.04. The maximum absolute atomic E-state index is 11.9. The van der Waals surface area contributed by atoms with E-state index in [1.807, 2.05) is 0 Å². The van der Waals surface area contributed by atoms with Crippen LogP contribution in [-0.2, 0) is 4.74 Å². The largest absolute Gasteiger partial charge is 0.383 e. The lowest BCUT2D eigenvalue weighted by molar-refractivity contribution is 0.0776. The molecule has 1 aromatic rings. The molecule has 1 atom stereocenters. The van der Waals surface area contributed by atoms with E-state index >= 15 is 0 Å². The van der Waals surface area contributed by atoms with Crippen LogP contribution in [0.15, 0.2) is 22.8 Å². The van der Waals surface area contributed by atoms with E-state index in [4.69, 9.17) is 16.3 Å². The molecule has 0 N–H and O–H groups in total. The number of hydrogen-bond acceptors (Lipinski definition) is 3. The molecule has 0 aliphatic heterocycles. The average molecular weight is 322 g/mol. The van der Waals surface area contributed by atoms with Gasteiger partial charge in [0.25, 0.3) is 5.91 Å². The summed E-state index contributed by atoms with van der Waals surface area (Å²) in [7, 11) is 3.27. The summed E-state index contributed by atoms with van der Waals surface area (Å²) in [5.41, 5.74) is 0.400. The Bertz CT molecular complexity index is 372. The van der Waals surface area contributed by atoms with E-state index < -0.39 is 0 Å². The van der Waals surface area contributed by atoms with Gasteiger partial charge in [-0.25, -0.2) is 4.98 Å². The number of methoxy groups -OCH3 is 1. The molecule has 0 aliphatic rings. The Morgan fingerprint density at radius 1 is 1.65 bits per heavy atom. The van der Waals surface area contributed by atoms with Gasteiger partial charge in [-0.1, -0.05) is 0 Å². The van der Waals surface area contributed by atoms with Crippen molar-refractivity contribution in [3.05, 3.63) is 28.5 Å². The minimum absolute atomic E-state index is 0.153. The summed E-state index contributed by atoms with van der Waals surface area (Å²) in [6.07, 6.45) is 1.59. The fourth-order valence-electron chi connectivity index (χ4n) is 1.31. The quantitative estimate of drug-likeness (QED) is 0.781. The minimum atomic E-state index is -0.218. The van der Waals surface area contributed by atoms with E-state index in [0.29, 0.717) is 18.8 Å². The molecule has 0 spiro atoms. The molecule has 1 unspecified atom stereocenters. The maximum Gasteiger partial charge on any atom is 0.272 e. The first-order valence-corrected chi connectivity index (χ1v) is 6.27. The lowest BCUT2D eigenvalue weighted by atomic mass is 10.3. The first kappa shape index (κ1) is 14.4. The molecular weight excluding hydrogens is 307 g/mol. The Labute approximate surface area is 114 Å². The number of pyridine rings is 1. The highest BCUT2D eigenvalue weighted by molar-refractivity contribution is 9.10. The summed E-state index contributed by atoms with van der Waals surface area (Å²) in [6.45, 7) is 0.832. The third-order valence-corrected chi connectivity index (χ3v) is 2.85. The van der Waals surface area contributed by atoms with Crippen LogP contribution in [0.3, 0.4) is 0 Å². The molecule has 1 amide bonds. The Hall–Kier alpha value is -0.650. The summed E-state index contributed by atoms with van der Waals surface area (Å²) in [6, 6.07) is 3.45. The van der Waals surface area contributed by atoms with Gasteiger partial charge in [0.1, 0.15) is 5.69 Å². The molecule has 94 valence electrons. The third kappa shape index (κ3) is 4.61. The predicted octanol–water partition coefficient (Wildman–Crippen LogP) is 2.17. The number of rotatable bonds is 5. The second-order valence-electron chi connectivity index (χ2n) is 3.60. The van der Waals surface area contributed by atoms with Gasteiger partial charge in [0, 0.05) is 31.4 Å². The molecular formula is C11H14BrClN2O2. The van der Waals surface area contributed by atoms with Crippen molar-refractivity contribution < 1.29 is 9.53 Å². The Kier molecular flexibility index (Phi) is 5.88. The molecule has 1 aromatic heterocycles. The number of carbonyl (C=O) groups is 1. The maximum atomic E-state index is 11.9. The number of hydrogen-bond donors (Lipinski definition) is 0. The average Bonchev–Trinajstić information content (AvgIpc) is 2.29. The zero-order valence-electron chi connectivity index (χ0n) is 9.69. The SMILES string of the molecule is COCC(Cl)CN(C)C(=O)c1ccc(Br)cn1. The number of nitrogens with zero attached hydrogens (tertiary/aromatic N) is 2. The molecule has 17 heavy (non-hydrogen) atoms. The monoisotopic (exact) mass is 320 g/mol. The van der Waals surface area contributed by atoms with Gasteiger partial charge in [-0.15, -0.1) is 11.6 Å². The number of ether oxygens (including phenoxy) is 1. The van der Waals surface area contributed by atoms with Crippen LogP contribution in [0.25, 0.3) is 0 Å². The zero-order chi connectivity index (χ0) is 12.8. The molecule has 0 radical (unpaired) electrons. The van der Waals surface area contributed by atoms with E-state index in [-0.39, 0.29) is 11.3 Å². The van der Waals surface area contributed by atoms with Crippen molar-refractivity contribution in [1.29, 1.82) is 0 Å². The number of halogens is 2. The lowest BCUT2D eigenvalue weighted by Gasteiger charge is -2.19. The first-order valence-electron chi connectivity index (χ1n) is 5.04. The summed E-state index contributed by atoms with van der Waals surface area (Å²) in [5, 5.41) is -0.218. The van der Waals surface area contributed by atoms with Crippen molar-refractivity contribution in [2.75, 3.05) is 27.3 Å². The van der Waals surface area contributed by atoms with E-state index in [2.05, 4.69) is 20.9 Å². The van der Waals surface area contributed by atoms with Gasteiger partial charge < -0.3 is 9.64 Å². The normalized spacial score (nSPS) is 12.2. The van der Waals surface area contributed by atoms with E-state index in [1.165, 1.54) is 4.90 Å². The van der Waals surface area contributed by atoms with Crippen molar-refractivity contribution in [3.8, 4) is 0 Å². The summed E-state index contributed by atoms with van der Waals surface area (Å²) >= 11 is 9.25. The summed E-state index contributed by atoms with van der Waals surface area (Å²) < 4.78 is 5.75. The Balaban J connectivity index is 2.60. The number of amides is 1. The van der Waals surface area contributed by atoms with Crippen molar-refractivity contribution >= 4 is 33.4 Å². The number of aromatic nitrogens is 1. The summed E-state index contributed by atoms with van der Waals surface area (Å²) in [4.78, 5) is 17.5. The van der Waals surface area contributed by atoms with E-state index in [0.717, 1.165) is 4.47 Å². The molecule has 0 aromatic carbocycles.